The van der Waals surface area contributed by atoms with Crippen molar-refractivity contribution in [2.45, 2.75) is 13.0 Å². The quantitative estimate of drug-likeness (QED) is 0.844. The van der Waals surface area contributed by atoms with Gasteiger partial charge in [-0.15, -0.1) is 0 Å². The summed E-state index contributed by atoms with van der Waals surface area (Å²) < 4.78 is 31.5. The van der Waals surface area contributed by atoms with Gasteiger partial charge >= 0.3 is 0 Å². The molecule has 2 aromatic rings. The summed E-state index contributed by atoms with van der Waals surface area (Å²) in [7, 11) is 0. The van der Waals surface area contributed by atoms with E-state index in [0.717, 1.165) is 12.1 Å². The maximum absolute atomic E-state index is 13.4. The second-order valence-corrected chi connectivity index (χ2v) is 3.28. The second kappa shape index (κ2) is 3.97. The van der Waals surface area contributed by atoms with E-state index in [0.29, 0.717) is 5.89 Å². The third-order valence-corrected chi connectivity index (χ3v) is 2.13. The Morgan fingerprint density at radius 1 is 1.31 bits per heavy atom. The maximum atomic E-state index is 13.4. The molecule has 1 aromatic carbocycles. The Balaban J connectivity index is 2.45. The number of halogens is 2. The van der Waals surface area contributed by atoms with Crippen molar-refractivity contribution in [1.29, 1.82) is 0 Å². The third-order valence-electron chi connectivity index (χ3n) is 2.13. The molecule has 4 nitrogen and oxygen atoms in total. The van der Waals surface area contributed by atoms with Crippen LogP contribution in [0, 0.1) is 18.6 Å². The predicted octanol–water partition coefficient (Wildman–Crippen LogP) is 1.70. The standard InChI is InChI=1S/C10H9F2N3O/c1-5-14-10(15-16-5)9(13)8-6(11)3-2-4-7(8)12/h2-4,9H,13H2,1H3. The average Bonchev–Trinajstić information content (AvgIpc) is 2.64. The molecule has 0 saturated carbocycles. The topological polar surface area (TPSA) is 64.9 Å². The highest BCUT2D eigenvalue weighted by Gasteiger charge is 2.22. The first-order chi connectivity index (χ1) is 7.59. The van der Waals surface area contributed by atoms with Crippen molar-refractivity contribution < 1.29 is 13.3 Å². The number of benzene rings is 1. The smallest absolute Gasteiger partial charge is 0.223 e. The fraction of sp³-hybridized carbons (Fsp3) is 0.200. The van der Waals surface area contributed by atoms with Crippen LogP contribution >= 0.6 is 0 Å². The molecule has 1 aromatic heterocycles. The van der Waals surface area contributed by atoms with Crippen LogP contribution in [0.4, 0.5) is 8.78 Å². The molecule has 0 spiro atoms. The minimum absolute atomic E-state index is 0.0569. The summed E-state index contributed by atoms with van der Waals surface area (Å²) in [6.45, 7) is 1.57. The molecule has 0 aliphatic rings. The molecule has 0 fully saturated rings. The third kappa shape index (κ3) is 1.79. The van der Waals surface area contributed by atoms with Gasteiger partial charge in [0, 0.05) is 12.5 Å². The summed E-state index contributed by atoms with van der Waals surface area (Å²) in [6, 6.07) is 2.46. The molecule has 0 bridgehead atoms. The fourth-order valence-electron chi connectivity index (χ4n) is 1.38. The summed E-state index contributed by atoms with van der Waals surface area (Å²) in [4.78, 5) is 3.83. The van der Waals surface area contributed by atoms with E-state index in [4.69, 9.17) is 10.3 Å². The Bertz CT molecular complexity index is 492. The Labute approximate surface area is 90.1 Å². The molecule has 1 atom stereocenters. The average molecular weight is 225 g/mol. The van der Waals surface area contributed by atoms with E-state index in [2.05, 4.69) is 10.1 Å². The van der Waals surface area contributed by atoms with E-state index < -0.39 is 17.7 Å². The first kappa shape index (κ1) is 10.7. The van der Waals surface area contributed by atoms with Crippen LogP contribution in [0.25, 0.3) is 0 Å². The number of hydrogen-bond donors (Lipinski definition) is 1. The lowest BCUT2D eigenvalue weighted by molar-refractivity contribution is 0.384. The lowest BCUT2D eigenvalue weighted by Gasteiger charge is -2.09. The van der Waals surface area contributed by atoms with Gasteiger partial charge in [-0.2, -0.15) is 4.98 Å². The highest BCUT2D eigenvalue weighted by molar-refractivity contribution is 5.27. The summed E-state index contributed by atoms with van der Waals surface area (Å²) in [5.41, 5.74) is 5.41. The number of hydrogen-bond acceptors (Lipinski definition) is 4. The van der Waals surface area contributed by atoms with Crippen LogP contribution in [-0.2, 0) is 0 Å². The van der Waals surface area contributed by atoms with E-state index >= 15 is 0 Å². The van der Waals surface area contributed by atoms with Gasteiger partial charge in [0.15, 0.2) is 5.82 Å². The lowest BCUT2D eigenvalue weighted by Crippen LogP contribution is -2.17. The molecule has 6 heteroatoms. The number of rotatable bonds is 2. The molecule has 1 unspecified atom stereocenters. The van der Waals surface area contributed by atoms with Gasteiger partial charge in [0.05, 0.1) is 6.04 Å². The molecule has 0 radical (unpaired) electrons. The molecular formula is C10H9F2N3O. The van der Waals surface area contributed by atoms with Crippen LogP contribution in [0.15, 0.2) is 22.7 Å². The zero-order valence-corrected chi connectivity index (χ0v) is 8.45. The van der Waals surface area contributed by atoms with E-state index in [9.17, 15) is 8.78 Å². The Morgan fingerprint density at radius 3 is 2.44 bits per heavy atom. The van der Waals surface area contributed by atoms with E-state index in [1.54, 1.807) is 6.92 Å². The number of nitrogens with zero attached hydrogens (tertiary/aromatic N) is 2. The van der Waals surface area contributed by atoms with Gasteiger partial charge in [0.2, 0.25) is 5.89 Å². The molecule has 84 valence electrons. The minimum Gasteiger partial charge on any atom is -0.340 e. The van der Waals surface area contributed by atoms with Crippen LogP contribution in [0.1, 0.15) is 23.3 Å². The molecule has 0 saturated heterocycles. The number of aryl methyl sites for hydroxylation is 1. The van der Waals surface area contributed by atoms with Crippen LogP contribution in [0.5, 0.6) is 0 Å². The highest BCUT2D eigenvalue weighted by Crippen LogP contribution is 2.22. The normalized spacial score (nSPS) is 12.8. The van der Waals surface area contributed by atoms with Crippen molar-refractivity contribution in [2.24, 2.45) is 5.73 Å². The van der Waals surface area contributed by atoms with Gasteiger partial charge in [-0.25, -0.2) is 8.78 Å². The van der Waals surface area contributed by atoms with E-state index in [-0.39, 0.29) is 11.4 Å². The second-order valence-electron chi connectivity index (χ2n) is 3.28. The minimum atomic E-state index is -1.07. The SMILES string of the molecule is Cc1nc(C(N)c2c(F)cccc2F)no1. The van der Waals surface area contributed by atoms with Gasteiger partial charge in [0.1, 0.15) is 11.6 Å². The summed E-state index contributed by atoms with van der Waals surface area (Å²) in [6.07, 6.45) is 0. The monoisotopic (exact) mass is 225 g/mol. The molecule has 0 amide bonds. The first-order valence-electron chi connectivity index (χ1n) is 4.59. The van der Waals surface area contributed by atoms with Gasteiger partial charge in [0.25, 0.3) is 0 Å². The molecule has 2 N–H and O–H groups in total. The molecule has 0 aliphatic heterocycles. The lowest BCUT2D eigenvalue weighted by atomic mass is 10.1. The van der Waals surface area contributed by atoms with E-state index in [1.165, 1.54) is 6.07 Å². The van der Waals surface area contributed by atoms with E-state index in [1.807, 2.05) is 0 Å². The Kier molecular flexibility index (Phi) is 2.66. The van der Waals surface area contributed by atoms with Crippen LogP contribution in [-0.4, -0.2) is 10.1 Å². The zero-order chi connectivity index (χ0) is 11.7. The van der Waals surface area contributed by atoms with Gasteiger partial charge in [-0.05, 0) is 12.1 Å². The Morgan fingerprint density at radius 2 is 1.94 bits per heavy atom. The molecular weight excluding hydrogens is 216 g/mol. The fourth-order valence-corrected chi connectivity index (χ4v) is 1.38. The van der Waals surface area contributed by atoms with Crippen LogP contribution in [0.2, 0.25) is 0 Å². The largest absolute Gasteiger partial charge is 0.340 e. The molecule has 1 heterocycles. The van der Waals surface area contributed by atoms with Crippen molar-refractivity contribution in [3.8, 4) is 0 Å². The zero-order valence-electron chi connectivity index (χ0n) is 8.45. The predicted molar refractivity (Wildman–Crippen MR) is 51.4 cm³/mol. The summed E-state index contributed by atoms with van der Waals surface area (Å²) in [5, 5.41) is 3.53. The Hall–Kier alpha value is -1.82. The summed E-state index contributed by atoms with van der Waals surface area (Å²) >= 11 is 0. The molecule has 2 rings (SSSR count). The van der Waals surface area contributed by atoms with Gasteiger partial charge in [-0.1, -0.05) is 11.2 Å². The van der Waals surface area contributed by atoms with Crippen molar-refractivity contribution >= 4 is 0 Å². The van der Waals surface area contributed by atoms with Crippen LogP contribution in [0.3, 0.4) is 0 Å². The van der Waals surface area contributed by atoms with Crippen molar-refractivity contribution in [3.05, 3.63) is 47.1 Å². The molecule has 16 heavy (non-hydrogen) atoms. The van der Waals surface area contributed by atoms with Crippen LogP contribution < -0.4 is 5.73 Å². The molecule has 0 aliphatic carbocycles. The van der Waals surface area contributed by atoms with Crippen molar-refractivity contribution in [1.82, 2.24) is 10.1 Å². The maximum Gasteiger partial charge on any atom is 0.223 e. The van der Waals surface area contributed by atoms with Crippen molar-refractivity contribution in [2.75, 3.05) is 0 Å². The van der Waals surface area contributed by atoms with Gasteiger partial charge in [-0.3, -0.25) is 0 Å². The first-order valence-corrected chi connectivity index (χ1v) is 4.59. The highest BCUT2D eigenvalue weighted by atomic mass is 19.1. The number of nitrogens with two attached hydrogens (primary N) is 1. The summed E-state index contributed by atoms with van der Waals surface area (Å²) in [5.74, 6) is -1.10. The van der Waals surface area contributed by atoms with Crippen molar-refractivity contribution in [3.63, 3.8) is 0 Å². The van der Waals surface area contributed by atoms with Gasteiger partial charge < -0.3 is 10.3 Å². The number of aromatic nitrogens is 2.